The molecule has 0 aliphatic heterocycles. The minimum atomic E-state index is -0.111. The maximum atomic E-state index is 12.4. The number of carbonyl (C=O) groups is 1. The van der Waals surface area contributed by atoms with Gasteiger partial charge in [0.05, 0.1) is 12.2 Å². The van der Waals surface area contributed by atoms with E-state index < -0.39 is 0 Å². The molecule has 0 saturated heterocycles. The number of aromatic nitrogens is 2. The lowest BCUT2D eigenvalue weighted by Gasteiger charge is -2.11. The van der Waals surface area contributed by atoms with Crippen LogP contribution in [0, 0.1) is 13.8 Å². The molecule has 26 heavy (non-hydrogen) atoms. The van der Waals surface area contributed by atoms with Crippen molar-refractivity contribution in [2.45, 2.75) is 27.0 Å². The van der Waals surface area contributed by atoms with Crippen LogP contribution >= 0.6 is 0 Å². The van der Waals surface area contributed by atoms with E-state index in [4.69, 9.17) is 4.74 Å². The molecule has 0 radical (unpaired) electrons. The average molecular weight is 349 g/mol. The van der Waals surface area contributed by atoms with Gasteiger partial charge in [0.1, 0.15) is 12.4 Å². The van der Waals surface area contributed by atoms with Crippen LogP contribution in [0.4, 0.5) is 0 Å². The first-order chi connectivity index (χ1) is 12.5. The van der Waals surface area contributed by atoms with Crippen LogP contribution in [0.5, 0.6) is 5.75 Å². The van der Waals surface area contributed by atoms with Gasteiger partial charge in [0, 0.05) is 18.8 Å². The molecule has 134 valence electrons. The number of nitrogens with one attached hydrogen (secondary N) is 1. The Labute approximate surface area is 153 Å². The predicted octanol–water partition coefficient (Wildman–Crippen LogP) is 3.55. The molecule has 0 saturated carbocycles. The van der Waals surface area contributed by atoms with Crippen molar-refractivity contribution in [1.29, 1.82) is 0 Å². The highest BCUT2D eigenvalue weighted by Crippen LogP contribution is 2.20. The predicted molar refractivity (Wildman–Crippen MR) is 101 cm³/mol. The van der Waals surface area contributed by atoms with E-state index in [1.165, 1.54) is 0 Å². The molecule has 0 spiro atoms. The Bertz CT molecular complexity index is 915. The smallest absolute Gasteiger partial charge is 0.251 e. The van der Waals surface area contributed by atoms with Gasteiger partial charge in [-0.3, -0.25) is 9.48 Å². The van der Waals surface area contributed by atoms with E-state index in [2.05, 4.69) is 16.5 Å². The van der Waals surface area contributed by atoms with Crippen molar-refractivity contribution >= 4 is 5.91 Å². The standard InChI is InChI=1S/C21H23N3O2/c1-15-7-8-16(2)20(11-15)26-14-17-5-4-6-18(12-17)21(25)22-13-19-9-10-23-24(19)3/h4-12H,13-14H2,1-3H3,(H,22,25). The molecular formula is C21H23N3O2. The third kappa shape index (κ3) is 4.30. The number of benzene rings is 2. The van der Waals surface area contributed by atoms with Crippen molar-refractivity contribution in [2.24, 2.45) is 7.05 Å². The number of rotatable bonds is 6. The Morgan fingerprint density at radius 2 is 2.00 bits per heavy atom. The first kappa shape index (κ1) is 17.7. The molecule has 1 amide bonds. The van der Waals surface area contributed by atoms with E-state index in [1.54, 1.807) is 16.9 Å². The van der Waals surface area contributed by atoms with Crippen LogP contribution < -0.4 is 10.1 Å². The summed E-state index contributed by atoms with van der Waals surface area (Å²) < 4.78 is 7.67. The van der Waals surface area contributed by atoms with Crippen LogP contribution in [0.15, 0.2) is 54.7 Å². The summed E-state index contributed by atoms with van der Waals surface area (Å²) in [5.41, 5.74) is 4.79. The van der Waals surface area contributed by atoms with Gasteiger partial charge in [-0.25, -0.2) is 0 Å². The van der Waals surface area contributed by atoms with Crippen LogP contribution in [-0.4, -0.2) is 15.7 Å². The van der Waals surface area contributed by atoms with E-state index in [0.29, 0.717) is 18.7 Å². The Morgan fingerprint density at radius 3 is 2.77 bits per heavy atom. The molecule has 1 aromatic heterocycles. The van der Waals surface area contributed by atoms with Gasteiger partial charge in [-0.05, 0) is 54.8 Å². The third-order valence-corrected chi connectivity index (χ3v) is 4.28. The molecule has 0 atom stereocenters. The number of hydrogen-bond donors (Lipinski definition) is 1. The van der Waals surface area contributed by atoms with E-state index in [0.717, 1.165) is 28.1 Å². The number of aryl methyl sites for hydroxylation is 3. The Hall–Kier alpha value is -3.08. The zero-order valence-electron chi connectivity index (χ0n) is 15.3. The fraction of sp³-hybridized carbons (Fsp3) is 0.238. The van der Waals surface area contributed by atoms with Gasteiger partial charge in [-0.2, -0.15) is 5.10 Å². The number of hydrogen-bond acceptors (Lipinski definition) is 3. The summed E-state index contributed by atoms with van der Waals surface area (Å²) in [6, 6.07) is 15.5. The van der Waals surface area contributed by atoms with Crippen molar-refractivity contribution in [3.63, 3.8) is 0 Å². The van der Waals surface area contributed by atoms with Gasteiger partial charge in [-0.1, -0.05) is 24.3 Å². The zero-order chi connectivity index (χ0) is 18.5. The van der Waals surface area contributed by atoms with E-state index in [1.807, 2.05) is 57.3 Å². The number of amides is 1. The van der Waals surface area contributed by atoms with Crippen molar-refractivity contribution < 1.29 is 9.53 Å². The third-order valence-electron chi connectivity index (χ3n) is 4.28. The molecule has 1 heterocycles. The van der Waals surface area contributed by atoms with Crippen molar-refractivity contribution in [3.8, 4) is 5.75 Å². The van der Waals surface area contributed by atoms with Gasteiger partial charge in [0.15, 0.2) is 0 Å². The normalized spacial score (nSPS) is 10.6. The summed E-state index contributed by atoms with van der Waals surface area (Å²) in [6.07, 6.45) is 1.72. The highest BCUT2D eigenvalue weighted by Gasteiger charge is 2.08. The Balaban J connectivity index is 1.63. The van der Waals surface area contributed by atoms with Gasteiger partial charge >= 0.3 is 0 Å². The van der Waals surface area contributed by atoms with Crippen LogP contribution in [0.25, 0.3) is 0 Å². The molecule has 0 aliphatic carbocycles. The second-order valence-electron chi connectivity index (χ2n) is 6.39. The lowest BCUT2D eigenvalue weighted by Crippen LogP contribution is -2.24. The van der Waals surface area contributed by atoms with Crippen LogP contribution in [0.3, 0.4) is 0 Å². The molecule has 5 nitrogen and oxygen atoms in total. The highest BCUT2D eigenvalue weighted by atomic mass is 16.5. The Morgan fingerprint density at radius 1 is 1.15 bits per heavy atom. The fourth-order valence-corrected chi connectivity index (χ4v) is 2.67. The molecule has 3 aromatic rings. The SMILES string of the molecule is Cc1ccc(C)c(OCc2cccc(C(=O)NCc3ccnn3C)c2)c1. The number of ether oxygens (including phenoxy) is 1. The highest BCUT2D eigenvalue weighted by molar-refractivity contribution is 5.94. The maximum absolute atomic E-state index is 12.4. The summed E-state index contributed by atoms with van der Waals surface area (Å²) in [5.74, 6) is 0.760. The maximum Gasteiger partial charge on any atom is 0.251 e. The van der Waals surface area contributed by atoms with Gasteiger partial charge < -0.3 is 10.1 Å². The van der Waals surface area contributed by atoms with Gasteiger partial charge in [0.25, 0.3) is 5.91 Å². The molecule has 2 aromatic carbocycles. The monoisotopic (exact) mass is 349 g/mol. The summed E-state index contributed by atoms with van der Waals surface area (Å²) in [7, 11) is 1.85. The van der Waals surface area contributed by atoms with E-state index in [-0.39, 0.29) is 5.91 Å². The van der Waals surface area contributed by atoms with Crippen LogP contribution in [-0.2, 0) is 20.2 Å². The van der Waals surface area contributed by atoms with Crippen LogP contribution in [0.2, 0.25) is 0 Å². The van der Waals surface area contributed by atoms with Gasteiger partial charge in [0.2, 0.25) is 0 Å². The number of nitrogens with zero attached hydrogens (tertiary/aromatic N) is 2. The summed E-state index contributed by atoms with van der Waals surface area (Å²) in [5, 5.41) is 7.02. The van der Waals surface area contributed by atoms with Crippen molar-refractivity contribution in [2.75, 3.05) is 0 Å². The minimum Gasteiger partial charge on any atom is -0.489 e. The Kier molecular flexibility index (Phi) is 5.37. The lowest BCUT2D eigenvalue weighted by atomic mass is 10.1. The zero-order valence-corrected chi connectivity index (χ0v) is 15.3. The summed E-state index contributed by atoms with van der Waals surface area (Å²) in [4.78, 5) is 12.4. The summed E-state index contributed by atoms with van der Waals surface area (Å²) >= 11 is 0. The molecule has 0 bridgehead atoms. The summed E-state index contributed by atoms with van der Waals surface area (Å²) in [6.45, 7) is 4.93. The quantitative estimate of drug-likeness (QED) is 0.740. The topological polar surface area (TPSA) is 56.1 Å². The largest absolute Gasteiger partial charge is 0.489 e. The molecular weight excluding hydrogens is 326 g/mol. The average Bonchev–Trinajstić information content (AvgIpc) is 3.05. The first-order valence-corrected chi connectivity index (χ1v) is 8.57. The van der Waals surface area contributed by atoms with Gasteiger partial charge in [-0.15, -0.1) is 0 Å². The molecule has 5 heteroatoms. The second kappa shape index (κ2) is 7.87. The molecule has 3 rings (SSSR count). The van der Waals surface area contributed by atoms with Crippen molar-refractivity contribution in [3.05, 3.63) is 82.7 Å². The molecule has 0 unspecified atom stereocenters. The number of carbonyl (C=O) groups excluding carboxylic acids is 1. The van der Waals surface area contributed by atoms with Crippen LogP contribution in [0.1, 0.15) is 32.7 Å². The second-order valence-corrected chi connectivity index (χ2v) is 6.39. The van der Waals surface area contributed by atoms with E-state index in [9.17, 15) is 4.79 Å². The van der Waals surface area contributed by atoms with E-state index >= 15 is 0 Å². The molecule has 0 fully saturated rings. The molecule has 0 aliphatic rings. The molecule has 1 N–H and O–H groups in total. The fourth-order valence-electron chi connectivity index (χ4n) is 2.67. The first-order valence-electron chi connectivity index (χ1n) is 8.57. The lowest BCUT2D eigenvalue weighted by molar-refractivity contribution is 0.0950. The van der Waals surface area contributed by atoms with Crippen molar-refractivity contribution in [1.82, 2.24) is 15.1 Å². The minimum absolute atomic E-state index is 0.111.